The summed E-state index contributed by atoms with van der Waals surface area (Å²) in [6.07, 6.45) is 1.29. The Labute approximate surface area is 180 Å². The number of hydrogen-bond donors (Lipinski definition) is 4. The number of carbonyl (C=O) groups is 2. The van der Waals surface area contributed by atoms with Crippen molar-refractivity contribution in [2.45, 2.75) is 38.3 Å². The maximum absolute atomic E-state index is 12.9. The molecule has 1 aromatic heterocycles. The number of amides is 2. The van der Waals surface area contributed by atoms with Crippen molar-refractivity contribution >= 4 is 22.8 Å². The van der Waals surface area contributed by atoms with Gasteiger partial charge in [-0.15, -0.1) is 0 Å². The summed E-state index contributed by atoms with van der Waals surface area (Å²) >= 11 is 0. The molecular formula is C23H27N5O3. The highest BCUT2D eigenvalue weighted by Gasteiger charge is 2.36. The summed E-state index contributed by atoms with van der Waals surface area (Å²) in [6.45, 7) is 4.07. The summed E-state index contributed by atoms with van der Waals surface area (Å²) in [5.74, 6) is 0.224. The first-order valence-electron chi connectivity index (χ1n) is 10.5. The van der Waals surface area contributed by atoms with E-state index in [9.17, 15) is 9.59 Å². The Morgan fingerprint density at radius 2 is 1.84 bits per heavy atom. The van der Waals surface area contributed by atoms with Gasteiger partial charge >= 0.3 is 0 Å². The third kappa shape index (κ3) is 4.60. The Morgan fingerprint density at radius 1 is 1.13 bits per heavy atom. The van der Waals surface area contributed by atoms with E-state index in [1.54, 1.807) is 17.6 Å². The van der Waals surface area contributed by atoms with E-state index in [-0.39, 0.29) is 12.3 Å². The molecule has 0 unspecified atom stereocenters. The number of benzene rings is 2. The number of hydroxylamine groups is 1. The normalized spacial score (nSPS) is 15.5. The highest BCUT2D eigenvalue weighted by atomic mass is 16.5. The Hall–Kier alpha value is -3.23. The van der Waals surface area contributed by atoms with Crippen LogP contribution in [0.25, 0.3) is 11.0 Å². The van der Waals surface area contributed by atoms with E-state index >= 15 is 0 Å². The van der Waals surface area contributed by atoms with E-state index < -0.39 is 11.4 Å². The van der Waals surface area contributed by atoms with Gasteiger partial charge < -0.3 is 15.2 Å². The van der Waals surface area contributed by atoms with Gasteiger partial charge in [0, 0.05) is 12.1 Å². The van der Waals surface area contributed by atoms with Crippen LogP contribution in [0, 0.1) is 6.92 Å². The molecule has 1 aliphatic heterocycles. The minimum absolute atomic E-state index is 0.0436. The number of aryl methyl sites for hydroxylation is 1. The molecule has 0 saturated carbocycles. The van der Waals surface area contributed by atoms with Crippen LogP contribution in [0.2, 0.25) is 0 Å². The molecule has 2 heterocycles. The Kier molecular flexibility index (Phi) is 6.01. The van der Waals surface area contributed by atoms with E-state index in [1.165, 1.54) is 0 Å². The van der Waals surface area contributed by atoms with Crippen LogP contribution in [0.4, 0.5) is 0 Å². The van der Waals surface area contributed by atoms with Gasteiger partial charge in [-0.05, 0) is 62.7 Å². The highest BCUT2D eigenvalue weighted by Crippen LogP contribution is 2.24. The molecule has 4 N–H and O–H groups in total. The van der Waals surface area contributed by atoms with Gasteiger partial charge in [0.1, 0.15) is 5.82 Å². The zero-order chi connectivity index (χ0) is 21.8. The van der Waals surface area contributed by atoms with E-state index in [4.69, 9.17) is 5.21 Å². The number of para-hydroxylation sites is 2. The molecule has 1 fully saturated rings. The number of hydrogen-bond acceptors (Lipinski definition) is 5. The lowest BCUT2D eigenvalue weighted by molar-refractivity contribution is -0.130. The molecule has 1 aliphatic rings. The number of rotatable bonds is 6. The van der Waals surface area contributed by atoms with Crippen molar-refractivity contribution in [3.05, 3.63) is 65.5 Å². The summed E-state index contributed by atoms with van der Waals surface area (Å²) in [4.78, 5) is 29.3. The minimum Gasteiger partial charge on any atom is -0.346 e. The number of nitrogens with zero attached hydrogens (tertiary/aromatic N) is 2. The lowest BCUT2D eigenvalue weighted by Crippen LogP contribution is -2.56. The van der Waals surface area contributed by atoms with Crippen molar-refractivity contribution < 1.29 is 14.8 Å². The van der Waals surface area contributed by atoms with Crippen molar-refractivity contribution in [2.75, 3.05) is 13.1 Å². The minimum atomic E-state index is -0.666. The molecule has 2 amide bonds. The predicted molar refractivity (Wildman–Crippen MR) is 117 cm³/mol. The predicted octanol–water partition coefficient (Wildman–Crippen LogP) is 2.14. The smallest absolute Gasteiger partial charge is 0.251 e. The molecule has 0 bridgehead atoms. The van der Waals surface area contributed by atoms with Crippen molar-refractivity contribution in [1.82, 2.24) is 25.7 Å². The van der Waals surface area contributed by atoms with Crippen LogP contribution in [-0.2, 0) is 11.3 Å². The summed E-state index contributed by atoms with van der Waals surface area (Å²) in [6, 6.07) is 15.5. The number of nitrogens with one attached hydrogen (secondary N) is 3. The molecule has 0 spiro atoms. The second-order valence-electron chi connectivity index (χ2n) is 8.13. The zero-order valence-corrected chi connectivity index (χ0v) is 17.5. The van der Waals surface area contributed by atoms with E-state index in [0.29, 0.717) is 38.0 Å². The van der Waals surface area contributed by atoms with Gasteiger partial charge in [-0.1, -0.05) is 24.3 Å². The lowest BCUT2D eigenvalue weighted by Gasteiger charge is -2.37. The molecule has 8 heteroatoms. The first-order chi connectivity index (χ1) is 15.0. The molecule has 0 aliphatic carbocycles. The number of aromatic nitrogens is 2. The van der Waals surface area contributed by atoms with Crippen LogP contribution in [0.3, 0.4) is 0 Å². The van der Waals surface area contributed by atoms with Gasteiger partial charge in [-0.3, -0.25) is 14.8 Å². The molecule has 8 nitrogen and oxygen atoms in total. The van der Waals surface area contributed by atoms with Crippen LogP contribution in [0.5, 0.6) is 0 Å². The molecule has 4 rings (SSSR count). The van der Waals surface area contributed by atoms with Gasteiger partial charge in [-0.2, -0.15) is 0 Å². The van der Waals surface area contributed by atoms with E-state index in [2.05, 4.69) is 26.3 Å². The van der Waals surface area contributed by atoms with Gasteiger partial charge in [0.05, 0.1) is 23.0 Å². The fourth-order valence-electron chi connectivity index (χ4n) is 4.25. The molecule has 1 saturated heterocycles. The summed E-state index contributed by atoms with van der Waals surface area (Å²) in [7, 11) is 0. The average molecular weight is 422 g/mol. The number of piperidine rings is 1. The molecule has 0 atom stereocenters. The summed E-state index contributed by atoms with van der Waals surface area (Å²) < 4.78 is 2.15. The zero-order valence-electron chi connectivity index (χ0n) is 17.5. The van der Waals surface area contributed by atoms with Crippen molar-refractivity contribution in [3.8, 4) is 0 Å². The van der Waals surface area contributed by atoms with Crippen LogP contribution < -0.4 is 16.1 Å². The standard InChI is InChI=1S/C23H27N5O3/c1-16-25-19-4-2-3-5-20(19)28(16)15-17-6-8-18(9-7-17)22(30)26-23(14-21(29)27-31)10-12-24-13-11-23/h2-9,24,31H,10-15H2,1H3,(H,26,30)(H,27,29). The number of imidazole rings is 1. The largest absolute Gasteiger partial charge is 0.346 e. The first-order valence-corrected chi connectivity index (χ1v) is 10.5. The second-order valence-corrected chi connectivity index (χ2v) is 8.13. The Morgan fingerprint density at radius 3 is 2.55 bits per heavy atom. The van der Waals surface area contributed by atoms with Gasteiger partial charge in [0.2, 0.25) is 5.91 Å². The van der Waals surface area contributed by atoms with Crippen molar-refractivity contribution in [2.24, 2.45) is 0 Å². The Bertz CT molecular complexity index is 1080. The third-order valence-corrected chi connectivity index (χ3v) is 5.97. The molecule has 2 aromatic carbocycles. The van der Waals surface area contributed by atoms with E-state index in [0.717, 1.165) is 22.4 Å². The first kappa shape index (κ1) is 21.0. The SMILES string of the molecule is Cc1nc2ccccc2n1Cc1ccc(C(=O)NC2(CC(=O)NO)CCNCC2)cc1. The quantitative estimate of drug-likeness (QED) is 0.360. The maximum Gasteiger partial charge on any atom is 0.251 e. The Balaban J connectivity index is 1.48. The van der Waals surface area contributed by atoms with Gasteiger partial charge in [0.15, 0.2) is 0 Å². The number of carbonyl (C=O) groups excluding carboxylic acids is 2. The average Bonchev–Trinajstić information content (AvgIpc) is 3.09. The van der Waals surface area contributed by atoms with Crippen LogP contribution in [0.1, 0.15) is 41.0 Å². The molecule has 0 radical (unpaired) electrons. The molecule has 3 aromatic rings. The number of fused-ring (bicyclic) bond motifs is 1. The maximum atomic E-state index is 12.9. The fourth-order valence-corrected chi connectivity index (χ4v) is 4.25. The molecule has 162 valence electrons. The van der Waals surface area contributed by atoms with Gasteiger partial charge in [-0.25, -0.2) is 10.5 Å². The monoisotopic (exact) mass is 421 g/mol. The third-order valence-electron chi connectivity index (χ3n) is 5.97. The van der Waals surface area contributed by atoms with Crippen LogP contribution >= 0.6 is 0 Å². The highest BCUT2D eigenvalue weighted by molar-refractivity contribution is 5.95. The topological polar surface area (TPSA) is 108 Å². The van der Waals surface area contributed by atoms with Crippen LogP contribution in [0.15, 0.2) is 48.5 Å². The summed E-state index contributed by atoms with van der Waals surface area (Å²) in [5.41, 5.74) is 4.67. The fraction of sp³-hybridized carbons (Fsp3) is 0.348. The van der Waals surface area contributed by atoms with Crippen LogP contribution in [-0.4, -0.2) is 45.2 Å². The van der Waals surface area contributed by atoms with Gasteiger partial charge in [0.25, 0.3) is 5.91 Å². The lowest BCUT2D eigenvalue weighted by atomic mass is 9.84. The van der Waals surface area contributed by atoms with Crippen molar-refractivity contribution in [3.63, 3.8) is 0 Å². The molecular weight excluding hydrogens is 394 g/mol. The molecule has 31 heavy (non-hydrogen) atoms. The second kappa shape index (κ2) is 8.87. The van der Waals surface area contributed by atoms with E-state index in [1.807, 2.05) is 37.3 Å². The van der Waals surface area contributed by atoms with Crippen molar-refractivity contribution in [1.29, 1.82) is 0 Å². The summed E-state index contributed by atoms with van der Waals surface area (Å²) in [5, 5.41) is 15.2.